The maximum absolute atomic E-state index is 13.7. The van der Waals surface area contributed by atoms with Crippen LogP contribution < -0.4 is 5.32 Å². The number of carbonyl (C=O) groups is 1. The van der Waals surface area contributed by atoms with E-state index < -0.39 is 23.2 Å². The summed E-state index contributed by atoms with van der Waals surface area (Å²) in [5.41, 5.74) is -0.882. The molecule has 5 heteroatoms. The van der Waals surface area contributed by atoms with Gasteiger partial charge in [-0.3, -0.25) is 4.79 Å². The van der Waals surface area contributed by atoms with Crippen LogP contribution in [0.25, 0.3) is 0 Å². The van der Waals surface area contributed by atoms with Gasteiger partial charge in [0.2, 0.25) is 0 Å². The molecule has 3 nitrogen and oxygen atoms in total. The summed E-state index contributed by atoms with van der Waals surface area (Å²) in [6.07, 6.45) is 0. The highest BCUT2D eigenvalue weighted by Crippen LogP contribution is 2.35. The monoisotopic (exact) mass is 259 g/mol. The van der Waals surface area contributed by atoms with Crippen molar-refractivity contribution in [3.05, 3.63) is 34.6 Å². The van der Waals surface area contributed by atoms with E-state index in [2.05, 4.69) is 5.32 Å². The first-order valence-electron chi connectivity index (χ1n) is 5.16. The van der Waals surface area contributed by atoms with E-state index in [1.807, 2.05) is 0 Å². The zero-order chi connectivity index (χ0) is 13.2. The van der Waals surface area contributed by atoms with Crippen LogP contribution >= 0.6 is 11.6 Å². The highest BCUT2D eigenvalue weighted by Gasteiger charge is 2.38. The average Bonchev–Trinajstić information content (AvgIpc) is 2.23. The molecule has 0 radical (unpaired) electrons. The number of carboxylic acids is 1. The molecule has 1 atom stereocenters. The van der Waals surface area contributed by atoms with Gasteiger partial charge in [-0.15, -0.1) is 0 Å². The van der Waals surface area contributed by atoms with E-state index in [-0.39, 0.29) is 5.56 Å². The molecule has 0 aliphatic rings. The summed E-state index contributed by atoms with van der Waals surface area (Å²) >= 11 is 5.81. The van der Waals surface area contributed by atoms with E-state index in [0.29, 0.717) is 5.02 Å². The van der Waals surface area contributed by atoms with Crippen LogP contribution in [0.4, 0.5) is 4.39 Å². The molecule has 0 saturated heterocycles. The van der Waals surface area contributed by atoms with E-state index in [9.17, 15) is 9.18 Å². The molecule has 0 fully saturated rings. The molecule has 17 heavy (non-hydrogen) atoms. The fourth-order valence-electron chi connectivity index (χ4n) is 1.76. The Bertz CT molecular complexity index is 435. The second-order valence-electron chi connectivity index (χ2n) is 4.41. The first kappa shape index (κ1) is 13.9. The zero-order valence-corrected chi connectivity index (χ0v) is 10.7. The highest BCUT2D eigenvalue weighted by molar-refractivity contribution is 6.30. The van der Waals surface area contributed by atoms with E-state index >= 15 is 0 Å². The average molecular weight is 260 g/mol. The molecule has 0 saturated carbocycles. The SMILES string of the molecule is CNC(c1cc(Cl)ccc1F)C(C)(C)C(=O)O. The molecule has 2 N–H and O–H groups in total. The van der Waals surface area contributed by atoms with Crippen molar-refractivity contribution in [2.24, 2.45) is 5.41 Å². The lowest BCUT2D eigenvalue weighted by atomic mass is 9.80. The molecular formula is C12H15ClFNO2. The van der Waals surface area contributed by atoms with Crippen LogP contribution in [-0.2, 0) is 4.79 Å². The lowest BCUT2D eigenvalue weighted by Gasteiger charge is -2.30. The van der Waals surface area contributed by atoms with Gasteiger partial charge < -0.3 is 10.4 Å². The molecule has 0 bridgehead atoms. The summed E-state index contributed by atoms with van der Waals surface area (Å²) in [7, 11) is 1.59. The van der Waals surface area contributed by atoms with Crippen LogP contribution in [0.3, 0.4) is 0 Å². The van der Waals surface area contributed by atoms with Crippen molar-refractivity contribution in [3.63, 3.8) is 0 Å². The molecule has 94 valence electrons. The Morgan fingerprint density at radius 1 is 1.53 bits per heavy atom. The number of carboxylic acid groups (broad SMARTS) is 1. The number of benzene rings is 1. The van der Waals surface area contributed by atoms with Crippen molar-refractivity contribution in [3.8, 4) is 0 Å². The fraction of sp³-hybridized carbons (Fsp3) is 0.417. The van der Waals surface area contributed by atoms with Gasteiger partial charge in [0.05, 0.1) is 11.5 Å². The minimum atomic E-state index is -1.14. The molecule has 0 aromatic heterocycles. The molecule has 1 aromatic carbocycles. The van der Waals surface area contributed by atoms with Gasteiger partial charge in [0.1, 0.15) is 5.82 Å². The summed E-state index contributed by atoms with van der Waals surface area (Å²) in [5.74, 6) is -1.47. The molecule has 1 unspecified atom stereocenters. The van der Waals surface area contributed by atoms with Gasteiger partial charge in [0.25, 0.3) is 0 Å². The minimum Gasteiger partial charge on any atom is -0.481 e. The van der Waals surface area contributed by atoms with Crippen LogP contribution in [0, 0.1) is 11.2 Å². The van der Waals surface area contributed by atoms with E-state index in [1.165, 1.54) is 32.0 Å². The first-order chi connectivity index (χ1) is 7.80. The number of rotatable bonds is 4. The summed E-state index contributed by atoms with van der Waals surface area (Å²) in [6, 6.07) is 3.46. The first-order valence-corrected chi connectivity index (χ1v) is 5.54. The lowest BCUT2D eigenvalue weighted by molar-refractivity contribution is -0.148. The largest absolute Gasteiger partial charge is 0.481 e. The van der Waals surface area contributed by atoms with E-state index in [1.54, 1.807) is 7.05 Å². The third-order valence-corrected chi connectivity index (χ3v) is 3.07. The third kappa shape index (κ3) is 2.76. The van der Waals surface area contributed by atoms with Crippen LogP contribution in [0.1, 0.15) is 25.5 Å². The normalized spacial score (nSPS) is 13.5. The summed E-state index contributed by atoms with van der Waals surface area (Å²) in [5, 5.41) is 12.4. The number of aliphatic carboxylic acids is 1. The van der Waals surface area contributed by atoms with Crippen LogP contribution in [0.5, 0.6) is 0 Å². The lowest BCUT2D eigenvalue weighted by Crippen LogP contribution is -2.38. The Balaban J connectivity index is 3.27. The Morgan fingerprint density at radius 2 is 2.12 bits per heavy atom. The van der Waals surface area contributed by atoms with Gasteiger partial charge in [-0.1, -0.05) is 11.6 Å². The topological polar surface area (TPSA) is 49.3 Å². The minimum absolute atomic E-state index is 0.257. The van der Waals surface area contributed by atoms with Crippen molar-refractivity contribution in [2.45, 2.75) is 19.9 Å². The standard InChI is InChI=1S/C12H15ClFNO2/c1-12(2,11(16)17)10(15-3)8-6-7(13)4-5-9(8)14/h4-6,10,15H,1-3H3,(H,16,17). The number of halogens is 2. The maximum Gasteiger partial charge on any atom is 0.311 e. The van der Waals surface area contributed by atoms with Crippen LogP contribution in [-0.4, -0.2) is 18.1 Å². The number of hydrogen-bond acceptors (Lipinski definition) is 2. The Morgan fingerprint density at radius 3 is 2.59 bits per heavy atom. The van der Waals surface area contributed by atoms with Crippen molar-refractivity contribution in [1.82, 2.24) is 5.32 Å². The number of nitrogens with one attached hydrogen (secondary N) is 1. The van der Waals surface area contributed by atoms with Crippen molar-refractivity contribution in [2.75, 3.05) is 7.05 Å². The molecule has 0 heterocycles. The summed E-state index contributed by atoms with van der Waals surface area (Å²) < 4.78 is 13.7. The second kappa shape index (κ2) is 5.02. The van der Waals surface area contributed by atoms with E-state index in [0.717, 1.165) is 0 Å². The molecular weight excluding hydrogens is 245 g/mol. The van der Waals surface area contributed by atoms with E-state index in [4.69, 9.17) is 16.7 Å². The third-order valence-electron chi connectivity index (χ3n) is 2.83. The van der Waals surface area contributed by atoms with Gasteiger partial charge in [-0.25, -0.2) is 4.39 Å². The summed E-state index contributed by atoms with van der Waals surface area (Å²) in [4.78, 5) is 11.2. The fourth-order valence-corrected chi connectivity index (χ4v) is 1.94. The van der Waals surface area contributed by atoms with Gasteiger partial charge in [0.15, 0.2) is 0 Å². The Kier molecular flexibility index (Phi) is 4.11. The van der Waals surface area contributed by atoms with Crippen LogP contribution in [0.2, 0.25) is 5.02 Å². The molecule has 0 spiro atoms. The predicted octanol–water partition coefficient (Wildman–Crippen LogP) is 2.85. The van der Waals surface area contributed by atoms with Gasteiger partial charge in [-0.05, 0) is 39.1 Å². The zero-order valence-electron chi connectivity index (χ0n) is 9.92. The van der Waals surface area contributed by atoms with Gasteiger partial charge in [-0.2, -0.15) is 0 Å². The van der Waals surface area contributed by atoms with Gasteiger partial charge in [0, 0.05) is 10.6 Å². The molecule has 0 aliphatic heterocycles. The second-order valence-corrected chi connectivity index (χ2v) is 4.85. The molecule has 1 rings (SSSR count). The quantitative estimate of drug-likeness (QED) is 0.874. The smallest absolute Gasteiger partial charge is 0.311 e. The highest BCUT2D eigenvalue weighted by atomic mass is 35.5. The van der Waals surface area contributed by atoms with Crippen molar-refractivity contribution >= 4 is 17.6 Å². The number of hydrogen-bond donors (Lipinski definition) is 2. The predicted molar refractivity (Wildman–Crippen MR) is 64.6 cm³/mol. The van der Waals surface area contributed by atoms with Crippen molar-refractivity contribution in [1.29, 1.82) is 0 Å². The molecule has 0 aliphatic carbocycles. The maximum atomic E-state index is 13.7. The Hall–Kier alpha value is -1.13. The van der Waals surface area contributed by atoms with Crippen molar-refractivity contribution < 1.29 is 14.3 Å². The molecule has 0 amide bonds. The van der Waals surface area contributed by atoms with Gasteiger partial charge >= 0.3 is 5.97 Å². The molecule has 1 aromatic rings. The Labute approximate surface area is 105 Å². The summed E-state index contributed by atoms with van der Waals surface area (Å²) in [6.45, 7) is 3.08. The van der Waals surface area contributed by atoms with Crippen LogP contribution in [0.15, 0.2) is 18.2 Å².